The highest BCUT2D eigenvalue weighted by Gasteiger charge is 2.21. The third kappa shape index (κ3) is 4.33. The lowest BCUT2D eigenvalue weighted by atomic mass is 10.1. The normalized spacial score (nSPS) is 10.6. The van der Waals surface area contributed by atoms with Crippen LogP contribution in [-0.4, -0.2) is 41.1 Å². The Balaban J connectivity index is 1.94. The number of urea groups is 1. The maximum Gasteiger partial charge on any atom is 0.419 e. The van der Waals surface area contributed by atoms with Gasteiger partial charge < -0.3 is 14.8 Å². The minimum absolute atomic E-state index is 0.123. The van der Waals surface area contributed by atoms with Crippen molar-refractivity contribution in [3.05, 3.63) is 65.4 Å². The molecule has 0 unspecified atom stereocenters. The Kier molecular flexibility index (Phi) is 6.04. The summed E-state index contributed by atoms with van der Waals surface area (Å²) in [5, 5.41) is 13.1. The summed E-state index contributed by atoms with van der Waals surface area (Å²) in [5.41, 5.74) is 2.89. The minimum atomic E-state index is -0.653. The molecule has 29 heavy (non-hydrogen) atoms. The van der Waals surface area contributed by atoms with Crippen LogP contribution in [0.2, 0.25) is 0 Å². The lowest BCUT2D eigenvalue weighted by Crippen LogP contribution is -2.34. The van der Waals surface area contributed by atoms with Crippen molar-refractivity contribution in [1.29, 1.82) is 0 Å². The van der Waals surface area contributed by atoms with Crippen molar-refractivity contribution in [3.8, 4) is 5.75 Å². The fourth-order valence-corrected chi connectivity index (χ4v) is 3.11. The van der Waals surface area contributed by atoms with Crippen molar-refractivity contribution >= 4 is 23.0 Å². The zero-order valence-electron chi connectivity index (χ0n) is 16.5. The van der Waals surface area contributed by atoms with Gasteiger partial charge in [-0.05, 0) is 30.7 Å². The third-order valence-corrected chi connectivity index (χ3v) is 4.64. The van der Waals surface area contributed by atoms with Gasteiger partial charge in [-0.1, -0.05) is 30.3 Å². The first kappa shape index (κ1) is 20.2. The highest BCUT2D eigenvalue weighted by Crippen LogP contribution is 2.30. The zero-order valence-corrected chi connectivity index (χ0v) is 16.5. The summed E-state index contributed by atoms with van der Waals surface area (Å²) in [6.07, 6.45) is -0.515. The number of carbonyl (C=O) groups is 2. The quantitative estimate of drug-likeness (QED) is 0.506. The molecule has 3 aromatic rings. The molecular weight excluding hydrogens is 374 g/mol. The standard InChI is InChI=1S/C21H23N3O5/c1-14-18(12-22-20(25)23(2)27)17-11-16(28-3)9-10-19(17)24(14)21(26)29-13-15-7-5-4-6-8-15/h4-11,27H,12-13H2,1-3H3,(H,22,25). The number of nitrogens with zero attached hydrogens (tertiary/aromatic N) is 2. The molecule has 0 saturated heterocycles. The topological polar surface area (TPSA) is 93.0 Å². The highest BCUT2D eigenvalue weighted by molar-refractivity contribution is 5.94. The van der Waals surface area contributed by atoms with E-state index in [0.717, 1.165) is 16.5 Å². The number of aromatic nitrogens is 1. The molecule has 2 aromatic carbocycles. The molecule has 0 atom stereocenters. The number of hydrogen-bond donors (Lipinski definition) is 2. The van der Waals surface area contributed by atoms with E-state index in [0.29, 0.717) is 22.0 Å². The van der Waals surface area contributed by atoms with Gasteiger partial charge in [0.25, 0.3) is 0 Å². The van der Waals surface area contributed by atoms with Crippen LogP contribution < -0.4 is 10.1 Å². The maximum absolute atomic E-state index is 12.8. The highest BCUT2D eigenvalue weighted by atomic mass is 16.5. The average molecular weight is 397 g/mol. The number of rotatable bonds is 5. The Morgan fingerprint density at radius 1 is 1.17 bits per heavy atom. The summed E-state index contributed by atoms with van der Waals surface area (Å²) in [6, 6.07) is 14.1. The van der Waals surface area contributed by atoms with Crippen LogP contribution in [0.3, 0.4) is 0 Å². The van der Waals surface area contributed by atoms with Crippen molar-refractivity contribution < 1.29 is 24.3 Å². The Labute approximate surface area is 168 Å². The number of fused-ring (bicyclic) bond motifs is 1. The number of amides is 2. The Hall–Kier alpha value is -3.52. The minimum Gasteiger partial charge on any atom is -0.497 e. The molecule has 0 spiro atoms. The van der Waals surface area contributed by atoms with Gasteiger partial charge in [0, 0.05) is 30.2 Å². The van der Waals surface area contributed by atoms with Crippen molar-refractivity contribution in [2.45, 2.75) is 20.1 Å². The lowest BCUT2D eigenvalue weighted by Gasteiger charge is -2.11. The lowest BCUT2D eigenvalue weighted by molar-refractivity contribution is -0.0184. The van der Waals surface area contributed by atoms with Crippen LogP contribution in [-0.2, 0) is 17.9 Å². The van der Waals surface area contributed by atoms with Crippen molar-refractivity contribution in [2.24, 2.45) is 0 Å². The Bertz CT molecular complexity index is 1030. The molecule has 2 amide bonds. The van der Waals surface area contributed by atoms with Crippen molar-refractivity contribution in [3.63, 3.8) is 0 Å². The molecule has 0 radical (unpaired) electrons. The number of methoxy groups -OCH3 is 1. The van der Waals surface area contributed by atoms with Crippen LogP contribution >= 0.6 is 0 Å². The van der Waals surface area contributed by atoms with E-state index in [1.165, 1.54) is 11.6 Å². The van der Waals surface area contributed by atoms with Crippen molar-refractivity contribution in [1.82, 2.24) is 14.9 Å². The van der Waals surface area contributed by atoms with Crippen LogP contribution in [0.1, 0.15) is 16.8 Å². The van der Waals surface area contributed by atoms with Crippen LogP contribution in [0, 0.1) is 6.92 Å². The molecule has 0 fully saturated rings. The maximum atomic E-state index is 12.8. The van der Waals surface area contributed by atoms with E-state index in [1.807, 2.05) is 30.3 Å². The Morgan fingerprint density at radius 2 is 1.90 bits per heavy atom. The molecule has 8 nitrogen and oxygen atoms in total. The SMILES string of the molecule is COc1ccc2c(c1)c(CNC(=O)N(C)O)c(C)n2C(=O)OCc1ccccc1. The van der Waals surface area contributed by atoms with Gasteiger partial charge in [-0.25, -0.2) is 19.2 Å². The predicted molar refractivity (Wildman–Crippen MR) is 107 cm³/mol. The molecule has 2 N–H and O–H groups in total. The van der Waals surface area contributed by atoms with Crippen LogP contribution in [0.4, 0.5) is 9.59 Å². The van der Waals surface area contributed by atoms with E-state index in [4.69, 9.17) is 9.47 Å². The first-order valence-corrected chi connectivity index (χ1v) is 9.01. The molecule has 1 aromatic heterocycles. The molecule has 8 heteroatoms. The second-order valence-corrected chi connectivity index (χ2v) is 6.50. The number of carbonyl (C=O) groups excluding carboxylic acids is 2. The van der Waals surface area contributed by atoms with Gasteiger partial charge in [-0.2, -0.15) is 0 Å². The van der Waals surface area contributed by atoms with E-state index >= 15 is 0 Å². The van der Waals surface area contributed by atoms with Gasteiger partial charge in [-0.15, -0.1) is 0 Å². The predicted octanol–water partition coefficient (Wildman–Crippen LogP) is 3.67. The number of hydroxylamine groups is 2. The number of nitrogens with one attached hydrogen (secondary N) is 1. The second kappa shape index (κ2) is 8.66. The van der Waals surface area contributed by atoms with Crippen LogP contribution in [0.25, 0.3) is 10.9 Å². The summed E-state index contributed by atoms with van der Waals surface area (Å²) in [5.74, 6) is 0.624. The molecule has 0 bridgehead atoms. The summed E-state index contributed by atoms with van der Waals surface area (Å²) in [6.45, 7) is 2.05. The molecule has 1 heterocycles. The van der Waals surface area contributed by atoms with E-state index in [9.17, 15) is 14.8 Å². The molecule has 152 valence electrons. The van der Waals surface area contributed by atoms with Crippen LogP contribution in [0.15, 0.2) is 48.5 Å². The van der Waals surface area contributed by atoms with Crippen LogP contribution in [0.5, 0.6) is 5.75 Å². The Morgan fingerprint density at radius 3 is 2.55 bits per heavy atom. The van der Waals surface area contributed by atoms with E-state index in [-0.39, 0.29) is 13.2 Å². The van der Waals surface area contributed by atoms with Crippen molar-refractivity contribution in [2.75, 3.05) is 14.2 Å². The molecule has 0 aliphatic heterocycles. The first-order valence-electron chi connectivity index (χ1n) is 9.01. The van der Waals surface area contributed by atoms with Gasteiger partial charge in [0.05, 0.1) is 12.6 Å². The second-order valence-electron chi connectivity index (χ2n) is 6.50. The fourth-order valence-electron chi connectivity index (χ4n) is 3.11. The molecule has 3 rings (SSSR count). The molecule has 0 saturated carbocycles. The van der Waals surface area contributed by atoms with Gasteiger partial charge >= 0.3 is 12.1 Å². The third-order valence-electron chi connectivity index (χ3n) is 4.64. The summed E-state index contributed by atoms with van der Waals surface area (Å²) in [4.78, 5) is 24.6. The van der Waals surface area contributed by atoms with E-state index in [2.05, 4.69) is 5.32 Å². The largest absolute Gasteiger partial charge is 0.497 e. The monoisotopic (exact) mass is 397 g/mol. The number of ether oxygens (including phenoxy) is 2. The summed E-state index contributed by atoms with van der Waals surface area (Å²) >= 11 is 0. The molecule has 0 aliphatic rings. The smallest absolute Gasteiger partial charge is 0.419 e. The number of benzene rings is 2. The average Bonchev–Trinajstić information content (AvgIpc) is 3.01. The first-order chi connectivity index (χ1) is 13.9. The number of hydrogen-bond acceptors (Lipinski definition) is 5. The fraction of sp³-hybridized carbons (Fsp3) is 0.238. The van der Waals surface area contributed by atoms with Gasteiger partial charge in [0.2, 0.25) is 0 Å². The van der Waals surface area contributed by atoms with Gasteiger partial charge in [0.15, 0.2) is 0 Å². The summed E-state index contributed by atoms with van der Waals surface area (Å²) < 4.78 is 12.3. The van der Waals surface area contributed by atoms with Gasteiger partial charge in [-0.3, -0.25) is 5.21 Å². The van der Waals surface area contributed by atoms with E-state index in [1.54, 1.807) is 32.2 Å². The van der Waals surface area contributed by atoms with Gasteiger partial charge in [0.1, 0.15) is 12.4 Å². The zero-order chi connectivity index (χ0) is 21.0. The summed E-state index contributed by atoms with van der Waals surface area (Å²) in [7, 11) is 2.79. The van der Waals surface area contributed by atoms with E-state index < -0.39 is 12.1 Å². The molecular formula is C21H23N3O5. The molecule has 0 aliphatic carbocycles.